The van der Waals surface area contributed by atoms with Crippen LogP contribution in [0.1, 0.15) is 24.0 Å². The number of carboxylic acids is 1. The van der Waals surface area contributed by atoms with Crippen LogP contribution in [0.4, 0.5) is 5.69 Å². The van der Waals surface area contributed by atoms with Crippen molar-refractivity contribution in [2.75, 3.05) is 24.5 Å². The molecule has 1 unspecified atom stereocenters. The number of aliphatic carboxylic acids is 1. The first-order valence-corrected chi connectivity index (χ1v) is 6.85. The fraction of sp³-hybridized carbons (Fsp3) is 0.533. The molecule has 1 aromatic rings. The Labute approximate surface area is 114 Å². The van der Waals surface area contributed by atoms with Gasteiger partial charge in [0.1, 0.15) is 0 Å². The van der Waals surface area contributed by atoms with E-state index < -0.39 is 5.97 Å². The lowest BCUT2D eigenvalue weighted by atomic mass is 10.0. The minimum atomic E-state index is -0.732. The summed E-state index contributed by atoms with van der Waals surface area (Å²) in [6.07, 6.45) is 1.23. The Balaban J connectivity index is 2.31. The molecule has 0 saturated carbocycles. The molecule has 1 saturated heterocycles. The van der Waals surface area contributed by atoms with Gasteiger partial charge in [-0.3, -0.25) is 4.79 Å². The first-order valence-electron chi connectivity index (χ1n) is 6.85. The van der Waals surface area contributed by atoms with Crippen LogP contribution in [0.25, 0.3) is 0 Å². The number of rotatable bonds is 3. The van der Waals surface area contributed by atoms with E-state index in [1.54, 1.807) is 0 Å². The summed E-state index contributed by atoms with van der Waals surface area (Å²) in [4.78, 5) is 13.3. The van der Waals surface area contributed by atoms with Crippen molar-refractivity contribution in [3.63, 3.8) is 0 Å². The Morgan fingerprint density at radius 1 is 1.47 bits per heavy atom. The summed E-state index contributed by atoms with van der Waals surface area (Å²) in [6.45, 7) is 6.81. The zero-order valence-corrected chi connectivity index (χ0v) is 11.6. The van der Waals surface area contributed by atoms with Gasteiger partial charge in [0.2, 0.25) is 0 Å². The van der Waals surface area contributed by atoms with Crippen molar-refractivity contribution < 1.29 is 9.90 Å². The maximum atomic E-state index is 11.1. The van der Waals surface area contributed by atoms with E-state index in [-0.39, 0.29) is 12.5 Å². The third kappa shape index (κ3) is 3.26. The maximum Gasteiger partial charge on any atom is 0.305 e. The van der Waals surface area contributed by atoms with E-state index in [2.05, 4.69) is 36.2 Å². The van der Waals surface area contributed by atoms with Crippen LogP contribution in [0.2, 0.25) is 0 Å². The van der Waals surface area contributed by atoms with Gasteiger partial charge in [-0.25, -0.2) is 0 Å². The van der Waals surface area contributed by atoms with Crippen LogP contribution in [-0.4, -0.2) is 36.8 Å². The average molecular weight is 262 g/mol. The van der Waals surface area contributed by atoms with Crippen LogP contribution in [0.3, 0.4) is 0 Å². The largest absolute Gasteiger partial charge is 0.481 e. The molecule has 19 heavy (non-hydrogen) atoms. The summed E-state index contributed by atoms with van der Waals surface area (Å²) in [5.41, 5.74) is 3.68. The summed E-state index contributed by atoms with van der Waals surface area (Å²) in [7, 11) is 0. The molecule has 1 fully saturated rings. The number of hydrogen-bond acceptors (Lipinski definition) is 3. The molecular formula is C15H22N2O2. The lowest BCUT2D eigenvalue weighted by Crippen LogP contribution is -2.41. The topological polar surface area (TPSA) is 52.6 Å². The molecule has 1 aromatic carbocycles. The van der Waals surface area contributed by atoms with Crippen molar-refractivity contribution in [3.8, 4) is 0 Å². The molecule has 0 spiro atoms. The van der Waals surface area contributed by atoms with Crippen LogP contribution in [-0.2, 0) is 4.79 Å². The highest BCUT2D eigenvalue weighted by Crippen LogP contribution is 2.26. The van der Waals surface area contributed by atoms with E-state index in [0.29, 0.717) is 0 Å². The van der Waals surface area contributed by atoms with Crippen molar-refractivity contribution >= 4 is 11.7 Å². The minimum Gasteiger partial charge on any atom is -0.481 e. The first kappa shape index (κ1) is 13.9. The highest BCUT2D eigenvalue weighted by Gasteiger charge is 2.24. The predicted octanol–water partition coefficient (Wildman–Crippen LogP) is 1.95. The monoisotopic (exact) mass is 262 g/mol. The van der Waals surface area contributed by atoms with Crippen LogP contribution >= 0.6 is 0 Å². The van der Waals surface area contributed by atoms with Crippen molar-refractivity contribution in [2.45, 2.75) is 32.7 Å². The number of carbonyl (C=O) groups is 1. The van der Waals surface area contributed by atoms with Crippen molar-refractivity contribution in [3.05, 3.63) is 29.3 Å². The molecule has 0 amide bonds. The Hall–Kier alpha value is -1.55. The fourth-order valence-corrected chi connectivity index (χ4v) is 2.68. The lowest BCUT2D eigenvalue weighted by molar-refractivity contribution is -0.137. The minimum absolute atomic E-state index is 0.0282. The van der Waals surface area contributed by atoms with Gasteiger partial charge in [0.15, 0.2) is 0 Å². The lowest BCUT2D eigenvalue weighted by Gasteiger charge is -2.32. The number of anilines is 1. The third-order valence-corrected chi connectivity index (χ3v) is 3.87. The molecule has 0 aliphatic carbocycles. The van der Waals surface area contributed by atoms with E-state index in [9.17, 15) is 4.79 Å². The second-order valence-electron chi connectivity index (χ2n) is 5.22. The number of carboxylic acid groups (broad SMARTS) is 1. The number of nitrogens with zero attached hydrogens (tertiary/aromatic N) is 1. The second-order valence-corrected chi connectivity index (χ2v) is 5.22. The predicted molar refractivity (Wildman–Crippen MR) is 76.8 cm³/mol. The molecule has 104 valence electrons. The van der Waals surface area contributed by atoms with Gasteiger partial charge in [-0.05, 0) is 44.0 Å². The summed E-state index contributed by atoms with van der Waals surface area (Å²) >= 11 is 0. The van der Waals surface area contributed by atoms with Crippen molar-refractivity contribution in [2.24, 2.45) is 0 Å². The standard InChI is InChI=1S/C15H22N2O2/c1-11-5-3-6-14(12(11)2)17-8-4-7-16-10-13(17)9-15(18)19/h3,5-6,13,16H,4,7-10H2,1-2H3,(H,18,19). The van der Waals surface area contributed by atoms with Crippen LogP contribution in [0.15, 0.2) is 18.2 Å². The highest BCUT2D eigenvalue weighted by molar-refractivity contribution is 5.69. The Morgan fingerprint density at radius 2 is 2.26 bits per heavy atom. The molecular weight excluding hydrogens is 240 g/mol. The summed E-state index contributed by atoms with van der Waals surface area (Å²) < 4.78 is 0. The SMILES string of the molecule is Cc1cccc(N2CCCNCC2CC(=O)O)c1C. The number of hydrogen-bond donors (Lipinski definition) is 2. The fourth-order valence-electron chi connectivity index (χ4n) is 2.68. The Bertz CT molecular complexity index is 459. The third-order valence-electron chi connectivity index (χ3n) is 3.87. The van der Waals surface area contributed by atoms with E-state index in [1.165, 1.54) is 16.8 Å². The molecule has 2 N–H and O–H groups in total. The van der Waals surface area contributed by atoms with Crippen LogP contribution in [0, 0.1) is 13.8 Å². The van der Waals surface area contributed by atoms with Gasteiger partial charge in [0, 0.05) is 18.8 Å². The number of nitrogens with one attached hydrogen (secondary N) is 1. The zero-order valence-electron chi connectivity index (χ0n) is 11.6. The van der Waals surface area contributed by atoms with Crippen LogP contribution < -0.4 is 10.2 Å². The van der Waals surface area contributed by atoms with E-state index in [4.69, 9.17) is 5.11 Å². The van der Waals surface area contributed by atoms with Gasteiger partial charge >= 0.3 is 5.97 Å². The van der Waals surface area contributed by atoms with E-state index >= 15 is 0 Å². The Morgan fingerprint density at radius 3 is 3.00 bits per heavy atom. The Kier molecular flexibility index (Phi) is 4.43. The van der Waals surface area contributed by atoms with Crippen molar-refractivity contribution in [1.29, 1.82) is 0 Å². The van der Waals surface area contributed by atoms with Gasteiger partial charge in [-0.1, -0.05) is 12.1 Å². The first-order chi connectivity index (χ1) is 9.09. The van der Waals surface area contributed by atoms with Gasteiger partial charge in [0.25, 0.3) is 0 Å². The van der Waals surface area contributed by atoms with E-state index in [0.717, 1.165) is 26.1 Å². The normalized spacial score (nSPS) is 20.1. The highest BCUT2D eigenvalue weighted by atomic mass is 16.4. The number of aryl methyl sites for hydroxylation is 1. The molecule has 0 bridgehead atoms. The van der Waals surface area contributed by atoms with Gasteiger partial charge in [0.05, 0.1) is 12.5 Å². The molecule has 0 radical (unpaired) electrons. The molecule has 0 aromatic heterocycles. The van der Waals surface area contributed by atoms with E-state index in [1.807, 2.05) is 6.07 Å². The van der Waals surface area contributed by atoms with Crippen molar-refractivity contribution in [1.82, 2.24) is 5.32 Å². The maximum absolute atomic E-state index is 11.1. The zero-order chi connectivity index (χ0) is 13.8. The number of benzene rings is 1. The summed E-state index contributed by atoms with van der Waals surface area (Å²) in [5, 5.41) is 12.4. The quantitative estimate of drug-likeness (QED) is 0.874. The second kappa shape index (κ2) is 6.06. The van der Waals surface area contributed by atoms with Gasteiger partial charge < -0.3 is 15.3 Å². The molecule has 4 heteroatoms. The summed E-state index contributed by atoms with van der Waals surface area (Å²) in [5.74, 6) is -0.732. The smallest absolute Gasteiger partial charge is 0.305 e. The molecule has 4 nitrogen and oxygen atoms in total. The molecule has 1 atom stereocenters. The van der Waals surface area contributed by atoms with Gasteiger partial charge in [-0.2, -0.15) is 0 Å². The van der Waals surface area contributed by atoms with Crippen LogP contribution in [0.5, 0.6) is 0 Å². The average Bonchev–Trinajstić information content (AvgIpc) is 2.58. The molecule has 1 aliphatic rings. The molecule has 2 rings (SSSR count). The molecule has 1 aliphatic heterocycles. The van der Waals surface area contributed by atoms with Gasteiger partial charge in [-0.15, -0.1) is 0 Å². The summed E-state index contributed by atoms with van der Waals surface area (Å²) in [6, 6.07) is 6.28. The molecule has 1 heterocycles.